The van der Waals surface area contributed by atoms with Gasteiger partial charge in [0.2, 0.25) is 0 Å². The van der Waals surface area contributed by atoms with Crippen LogP contribution in [-0.2, 0) is 9.31 Å². The topological polar surface area (TPSA) is 31.4 Å². The Kier molecular flexibility index (Phi) is 1.67. The molecule has 0 bridgehead atoms. The normalized spacial score (nSPS) is 26.9. The summed E-state index contributed by atoms with van der Waals surface area (Å²) in [6.07, 6.45) is 0. The molecule has 17 heavy (non-hydrogen) atoms. The summed E-state index contributed by atoms with van der Waals surface area (Å²) in [5.41, 5.74) is -2.44. The number of rotatable bonds is 1. The van der Waals surface area contributed by atoms with Crippen molar-refractivity contribution in [2.75, 3.05) is 0 Å². The molecule has 1 aromatic heterocycles. The molecule has 1 aliphatic heterocycles. The van der Waals surface area contributed by atoms with Crippen molar-refractivity contribution in [3.8, 4) is 0 Å². The van der Waals surface area contributed by atoms with Gasteiger partial charge < -0.3 is 9.31 Å². The Balaban J connectivity index is 2.56. The molecule has 0 amide bonds. The molecule has 0 aliphatic carbocycles. The average Bonchev–Trinajstić information content (AvgIpc) is 2.54. The lowest BCUT2D eigenvalue weighted by Crippen LogP contribution is -2.41. The molecule has 0 unspecified atom stereocenters. The van der Waals surface area contributed by atoms with Crippen LogP contribution in [0.25, 0.3) is 0 Å². The zero-order chi connectivity index (χ0) is 17.1. The Morgan fingerprint density at radius 1 is 1.29 bits per heavy atom. The molecule has 0 radical (unpaired) electrons. The summed E-state index contributed by atoms with van der Waals surface area (Å²) in [4.78, 5) is 3.79. The summed E-state index contributed by atoms with van der Waals surface area (Å²) in [6, 6.07) is -1.58. The zero-order valence-electron chi connectivity index (χ0n) is 15.2. The number of pyridine rings is 1. The number of nitrogens with zero attached hydrogens (tertiary/aromatic N) is 1. The van der Waals surface area contributed by atoms with Gasteiger partial charge in [0.25, 0.3) is 0 Å². The Morgan fingerprint density at radius 2 is 1.88 bits per heavy atom. The lowest BCUT2D eigenvalue weighted by Gasteiger charge is -2.32. The van der Waals surface area contributed by atoms with E-state index in [0.717, 1.165) is 0 Å². The molecule has 1 saturated heterocycles. The highest BCUT2D eigenvalue weighted by molar-refractivity contribution is 6.61. The van der Waals surface area contributed by atoms with Crippen LogP contribution in [0.2, 0.25) is 0 Å². The third-order valence-electron chi connectivity index (χ3n) is 3.17. The van der Waals surface area contributed by atoms with E-state index >= 15 is 0 Å². The van der Waals surface area contributed by atoms with E-state index in [9.17, 15) is 4.39 Å². The Morgan fingerprint density at radius 3 is 2.41 bits per heavy atom. The fourth-order valence-corrected chi connectivity index (χ4v) is 1.49. The minimum atomic E-state index is -2.76. The Labute approximate surface area is 109 Å². The SMILES string of the molecule is [2H]c1c(B2OC(C)(C)C(C)(C)O2)nc(C([2H])([2H])[2H])c([2H])c1F. The molecule has 3 nitrogen and oxygen atoms in total. The first-order valence-corrected chi connectivity index (χ1v) is 5.30. The van der Waals surface area contributed by atoms with Gasteiger partial charge in [0, 0.05) is 9.81 Å². The number of halogens is 1. The average molecular weight is 242 g/mol. The van der Waals surface area contributed by atoms with E-state index in [-0.39, 0.29) is 5.59 Å². The molecule has 0 atom stereocenters. The van der Waals surface area contributed by atoms with Crippen molar-refractivity contribution in [1.82, 2.24) is 4.98 Å². The van der Waals surface area contributed by atoms with E-state index in [0.29, 0.717) is 0 Å². The first-order valence-electron chi connectivity index (χ1n) is 7.80. The van der Waals surface area contributed by atoms with E-state index in [4.69, 9.17) is 16.2 Å². The fraction of sp³-hybridized carbons (Fsp3) is 0.583. The van der Waals surface area contributed by atoms with Gasteiger partial charge in [-0.2, -0.15) is 0 Å². The molecule has 5 heteroatoms. The van der Waals surface area contributed by atoms with Gasteiger partial charge >= 0.3 is 7.12 Å². The maximum Gasteiger partial charge on any atom is 0.514 e. The predicted molar refractivity (Wildman–Crippen MR) is 64.6 cm³/mol. The van der Waals surface area contributed by atoms with Crippen molar-refractivity contribution in [1.29, 1.82) is 0 Å². The van der Waals surface area contributed by atoms with Crippen LogP contribution >= 0.6 is 0 Å². The Hall–Kier alpha value is -0.935. The van der Waals surface area contributed by atoms with Crippen LogP contribution < -0.4 is 5.59 Å². The van der Waals surface area contributed by atoms with Gasteiger partial charge in [-0.1, -0.05) is 0 Å². The van der Waals surface area contributed by atoms with Crippen LogP contribution in [0, 0.1) is 12.7 Å². The summed E-state index contributed by atoms with van der Waals surface area (Å²) in [5, 5.41) is 0. The molecule has 1 aliphatic rings. The summed E-state index contributed by atoms with van der Waals surface area (Å²) in [7, 11) is -1.16. The highest BCUT2D eigenvalue weighted by Gasteiger charge is 2.52. The van der Waals surface area contributed by atoms with E-state index < -0.39 is 48.8 Å². The number of aromatic nitrogens is 1. The van der Waals surface area contributed by atoms with Crippen molar-refractivity contribution in [3.05, 3.63) is 23.6 Å². The molecule has 0 N–H and O–H groups in total. The maximum atomic E-state index is 14.0. The monoisotopic (exact) mass is 242 g/mol. The number of hydrogen-bond donors (Lipinski definition) is 0. The number of hydrogen-bond acceptors (Lipinski definition) is 3. The summed E-state index contributed by atoms with van der Waals surface area (Å²) >= 11 is 0. The lowest BCUT2D eigenvalue weighted by molar-refractivity contribution is 0.00578. The smallest absolute Gasteiger partial charge is 0.398 e. The van der Waals surface area contributed by atoms with Crippen LogP contribution in [-0.4, -0.2) is 23.3 Å². The van der Waals surface area contributed by atoms with E-state index in [1.54, 1.807) is 27.7 Å². The molecular formula is C12H17BFNO2. The van der Waals surface area contributed by atoms with Crippen LogP contribution in [0.15, 0.2) is 12.1 Å². The van der Waals surface area contributed by atoms with Crippen molar-refractivity contribution in [3.63, 3.8) is 0 Å². The highest BCUT2D eigenvalue weighted by atomic mass is 19.1. The quantitative estimate of drug-likeness (QED) is 0.704. The summed E-state index contributed by atoms with van der Waals surface area (Å²) < 4.78 is 62.7. The van der Waals surface area contributed by atoms with Crippen molar-refractivity contribution < 1.29 is 20.6 Å². The highest BCUT2D eigenvalue weighted by Crippen LogP contribution is 2.36. The molecule has 0 aromatic carbocycles. The van der Waals surface area contributed by atoms with Crippen molar-refractivity contribution in [2.45, 2.75) is 45.7 Å². The Bertz CT molecular complexity index is 605. The van der Waals surface area contributed by atoms with Crippen LogP contribution in [0.5, 0.6) is 0 Å². The largest absolute Gasteiger partial charge is 0.514 e. The van der Waals surface area contributed by atoms with Gasteiger partial charge in [0.1, 0.15) is 5.82 Å². The van der Waals surface area contributed by atoms with Gasteiger partial charge in [0.05, 0.1) is 19.5 Å². The second-order valence-electron chi connectivity index (χ2n) is 5.00. The van der Waals surface area contributed by atoms with Gasteiger partial charge in [-0.05, 0) is 46.6 Å². The first kappa shape index (κ1) is 7.49. The van der Waals surface area contributed by atoms with E-state index in [1.807, 2.05) is 0 Å². The van der Waals surface area contributed by atoms with Crippen LogP contribution in [0.1, 0.15) is 40.2 Å². The zero-order valence-corrected chi connectivity index (χ0v) is 10.2. The lowest BCUT2D eigenvalue weighted by atomic mass is 9.84. The maximum absolute atomic E-state index is 14.0. The molecule has 1 aromatic rings. The van der Waals surface area contributed by atoms with Gasteiger partial charge in [-0.25, -0.2) is 4.39 Å². The second-order valence-corrected chi connectivity index (χ2v) is 5.00. The molecule has 1 fully saturated rings. The number of aryl methyl sites for hydroxylation is 1. The summed E-state index contributed by atoms with van der Waals surface area (Å²) in [6.45, 7) is 4.34. The third kappa shape index (κ3) is 2.22. The molecule has 0 saturated carbocycles. The minimum absolute atomic E-state index is 0.265. The molecule has 2 heterocycles. The van der Waals surface area contributed by atoms with Crippen molar-refractivity contribution in [2.24, 2.45) is 0 Å². The summed E-state index contributed by atoms with van der Waals surface area (Å²) in [5.74, 6) is -1.24. The molecule has 2 rings (SSSR count). The van der Waals surface area contributed by atoms with Crippen LogP contribution in [0.4, 0.5) is 4.39 Å². The predicted octanol–water partition coefficient (Wildman–Crippen LogP) is 1.83. The van der Waals surface area contributed by atoms with Crippen molar-refractivity contribution >= 4 is 12.7 Å². The molecular weight excluding hydrogens is 220 g/mol. The molecule has 92 valence electrons. The third-order valence-corrected chi connectivity index (χ3v) is 3.17. The minimum Gasteiger partial charge on any atom is -0.398 e. The van der Waals surface area contributed by atoms with Crippen LogP contribution in [0.3, 0.4) is 0 Å². The van der Waals surface area contributed by atoms with Gasteiger partial charge in [0.15, 0.2) is 0 Å². The standard InChI is InChI=1S/C12H17BFNO2/c1-8-6-9(14)7-10(15-8)13-16-11(2,3)12(4,5)17-13/h6-7H,1-5H3/i1D3,6D,7D. The van der Waals surface area contributed by atoms with E-state index in [2.05, 4.69) is 4.98 Å². The van der Waals surface area contributed by atoms with E-state index in [1.165, 1.54) is 0 Å². The first-order chi connectivity index (χ1) is 9.78. The van der Waals surface area contributed by atoms with Gasteiger partial charge in [-0.15, -0.1) is 0 Å². The second kappa shape index (κ2) is 3.78. The fourth-order valence-electron chi connectivity index (χ4n) is 1.49. The van der Waals surface area contributed by atoms with Gasteiger partial charge in [-0.3, -0.25) is 4.98 Å². The molecule has 0 spiro atoms.